The molecule has 7 nitrogen and oxygen atoms in total. The first kappa shape index (κ1) is 20.1. The molecule has 0 saturated carbocycles. The van der Waals surface area contributed by atoms with Crippen LogP contribution in [0.2, 0.25) is 0 Å². The van der Waals surface area contributed by atoms with Gasteiger partial charge in [-0.3, -0.25) is 4.90 Å². The van der Waals surface area contributed by atoms with Crippen LogP contribution in [0.25, 0.3) is 0 Å². The summed E-state index contributed by atoms with van der Waals surface area (Å²) in [6, 6.07) is 8.24. The number of anilines is 1. The van der Waals surface area contributed by atoms with Gasteiger partial charge in [0, 0.05) is 52.6 Å². The molecule has 0 spiro atoms. The summed E-state index contributed by atoms with van der Waals surface area (Å²) in [5.41, 5.74) is 2.21. The van der Waals surface area contributed by atoms with Crippen LogP contribution in [0.3, 0.4) is 0 Å². The maximum atomic E-state index is 12.1. The lowest BCUT2D eigenvalue weighted by Crippen LogP contribution is -2.44. The van der Waals surface area contributed by atoms with E-state index in [4.69, 9.17) is 9.47 Å². The Morgan fingerprint density at radius 1 is 1.24 bits per heavy atom. The zero-order valence-corrected chi connectivity index (χ0v) is 16.1. The second-order valence-corrected chi connectivity index (χ2v) is 8.24. The molecule has 0 aliphatic carbocycles. The fourth-order valence-corrected chi connectivity index (χ4v) is 3.75. The average molecular weight is 372 g/mol. The Morgan fingerprint density at radius 3 is 2.44 bits per heavy atom. The Balaban J connectivity index is 2.12. The van der Waals surface area contributed by atoms with Gasteiger partial charge in [-0.25, -0.2) is 13.1 Å². The van der Waals surface area contributed by atoms with Crippen molar-refractivity contribution in [3.63, 3.8) is 0 Å². The summed E-state index contributed by atoms with van der Waals surface area (Å²) in [6.07, 6.45) is 0. The van der Waals surface area contributed by atoms with Crippen molar-refractivity contribution in [2.45, 2.75) is 6.04 Å². The normalized spacial score (nSPS) is 17.4. The molecule has 1 N–H and O–H groups in total. The molecule has 142 valence electrons. The molecule has 0 radical (unpaired) electrons. The van der Waals surface area contributed by atoms with Crippen LogP contribution < -0.4 is 9.62 Å². The quantitative estimate of drug-likeness (QED) is 0.689. The van der Waals surface area contributed by atoms with Crippen LogP contribution in [0.15, 0.2) is 24.3 Å². The Bertz CT molecular complexity index is 613. The van der Waals surface area contributed by atoms with Gasteiger partial charge in [-0.2, -0.15) is 0 Å². The van der Waals surface area contributed by atoms with Crippen molar-refractivity contribution in [1.29, 1.82) is 0 Å². The first-order chi connectivity index (χ1) is 11.9. The Hall–Kier alpha value is -1.19. The highest BCUT2D eigenvalue weighted by molar-refractivity contribution is 7.89. The van der Waals surface area contributed by atoms with Gasteiger partial charge in [0.1, 0.15) is 0 Å². The van der Waals surface area contributed by atoms with Crippen molar-refractivity contribution in [2.75, 3.05) is 71.3 Å². The predicted octanol–water partition coefficient (Wildman–Crippen LogP) is 0.692. The lowest BCUT2D eigenvalue weighted by Gasteiger charge is -2.35. The standard InChI is InChI=1S/C17H29N3O4S/c1-19(2)16-6-4-15(5-7-16)17(20-8-10-24-11-9-20)14-18-25(21,22)13-12-23-3/h4-7,17-18H,8-14H2,1-3H3/t17-/m1/s1. The summed E-state index contributed by atoms with van der Waals surface area (Å²) in [7, 11) is 2.15. The molecule has 1 aromatic carbocycles. The first-order valence-corrected chi connectivity index (χ1v) is 10.1. The smallest absolute Gasteiger partial charge is 0.213 e. The van der Waals surface area contributed by atoms with Crippen LogP contribution in [0.4, 0.5) is 5.69 Å². The summed E-state index contributed by atoms with van der Waals surface area (Å²) in [6.45, 7) is 3.45. The van der Waals surface area contributed by atoms with E-state index < -0.39 is 10.0 Å². The number of hydrogen-bond donors (Lipinski definition) is 1. The molecule has 0 amide bonds. The minimum Gasteiger partial charge on any atom is -0.384 e. The van der Waals surface area contributed by atoms with Crippen molar-refractivity contribution in [2.24, 2.45) is 0 Å². The highest BCUT2D eigenvalue weighted by Crippen LogP contribution is 2.24. The monoisotopic (exact) mass is 371 g/mol. The van der Waals surface area contributed by atoms with Crippen molar-refractivity contribution in [1.82, 2.24) is 9.62 Å². The lowest BCUT2D eigenvalue weighted by molar-refractivity contribution is 0.0172. The van der Waals surface area contributed by atoms with Gasteiger partial charge in [0.25, 0.3) is 0 Å². The van der Waals surface area contributed by atoms with Crippen molar-refractivity contribution >= 4 is 15.7 Å². The number of hydrogen-bond acceptors (Lipinski definition) is 6. The van der Waals surface area contributed by atoms with Crippen LogP contribution in [0.5, 0.6) is 0 Å². The number of ether oxygens (including phenoxy) is 2. The molecule has 8 heteroatoms. The van der Waals surface area contributed by atoms with Gasteiger partial charge in [-0.05, 0) is 17.7 Å². The number of rotatable bonds is 9. The summed E-state index contributed by atoms with van der Waals surface area (Å²) >= 11 is 0. The zero-order chi connectivity index (χ0) is 18.3. The molecule has 1 saturated heterocycles. The highest BCUT2D eigenvalue weighted by atomic mass is 32.2. The Kier molecular flexibility index (Phi) is 7.64. The van der Waals surface area contributed by atoms with E-state index in [2.05, 4.69) is 33.9 Å². The fourth-order valence-electron chi connectivity index (χ4n) is 2.81. The largest absolute Gasteiger partial charge is 0.384 e. The van der Waals surface area contributed by atoms with Gasteiger partial charge in [-0.15, -0.1) is 0 Å². The van der Waals surface area contributed by atoms with Crippen molar-refractivity contribution < 1.29 is 17.9 Å². The first-order valence-electron chi connectivity index (χ1n) is 8.48. The molecule has 1 aliphatic heterocycles. The summed E-state index contributed by atoms with van der Waals surface area (Å²) in [5, 5.41) is 0. The van der Waals surface area contributed by atoms with E-state index in [1.807, 2.05) is 19.0 Å². The molecule has 1 aromatic rings. The second-order valence-electron chi connectivity index (χ2n) is 6.31. The van der Waals surface area contributed by atoms with Gasteiger partial charge in [-0.1, -0.05) is 12.1 Å². The van der Waals surface area contributed by atoms with Gasteiger partial charge >= 0.3 is 0 Å². The zero-order valence-electron chi connectivity index (χ0n) is 15.3. The number of sulfonamides is 1. The van der Waals surface area contributed by atoms with E-state index in [1.165, 1.54) is 7.11 Å². The summed E-state index contributed by atoms with van der Waals surface area (Å²) in [5.74, 6) is -0.0289. The van der Waals surface area contributed by atoms with E-state index in [0.29, 0.717) is 19.8 Å². The highest BCUT2D eigenvalue weighted by Gasteiger charge is 2.24. The van der Waals surface area contributed by atoms with Crippen LogP contribution in [-0.2, 0) is 19.5 Å². The van der Waals surface area contributed by atoms with E-state index in [9.17, 15) is 8.42 Å². The van der Waals surface area contributed by atoms with Gasteiger partial charge in [0.05, 0.1) is 25.6 Å². The predicted molar refractivity (Wildman–Crippen MR) is 99.6 cm³/mol. The van der Waals surface area contributed by atoms with Crippen molar-refractivity contribution in [3.05, 3.63) is 29.8 Å². The maximum Gasteiger partial charge on any atom is 0.213 e. The molecular formula is C17H29N3O4S. The Labute approximate surface area is 150 Å². The molecule has 1 heterocycles. The Morgan fingerprint density at radius 2 is 1.88 bits per heavy atom. The molecule has 1 aliphatic rings. The van der Waals surface area contributed by atoms with Crippen LogP contribution in [0, 0.1) is 0 Å². The van der Waals surface area contributed by atoms with Gasteiger partial charge in [0.15, 0.2) is 0 Å². The molecule has 0 bridgehead atoms. The molecule has 25 heavy (non-hydrogen) atoms. The molecular weight excluding hydrogens is 342 g/mol. The van der Waals surface area contributed by atoms with E-state index in [-0.39, 0.29) is 18.4 Å². The SMILES string of the molecule is COCCS(=O)(=O)NC[C@H](c1ccc(N(C)C)cc1)N1CCOCC1. The van der Waals surface area contributed by atoms with E-state index in [0.717, 1.165) is 24.3 Å². The van der Waals surface area contributed by atoms with Crippen molar-refractivity contribution in [3.8, 4) is 0 Å². The van der Waals surface area contributed by atoms with Crippen LogP contribution in [-0.4, -0.2) is 79.7 Å². The second kappa shape index (κ2) is 9.49. The minimum atomic E-state index is -3.35. The number of benzene rings is 1. The summed E-state index contributed by atoms with van der Waals surface area (Å²) in [4.78, 5) is 4.31. The average Bonchev–Trinajstić information content (AvgIpc) is 2.61. The third-order valence-corrected chi connectivity index (χ3v) is 5.64. The van der Waals surface area contributed by atoms with E-state index >= 15 is 0 Å². The molecule has 2 rings (SSSR count). The molecule has 0 aromatic heterocycles. The summed E-state index contributed by atoms with van der Waals surface area (Å²) < 4.78 is 37.2. The molecule has 0 unspecified atom stereocenters. The van der Waals surface area contributed by atoms with Gasteiger partial charge in [0.2, 0.25) is 10.0 Å². The fraction of sp³-hybridized carbons (Fsp3) is 0.647. The third-order valence-electron chi connectivity index (χ3n) is 4.33. The lowest BCUT2D eigenvalue weighted by atomic mass is 10.0. The van der Waals surface area contributed by atoms with Gasteiger partial charge < -0.3 is 14.4 Å². The topological polar surface area (TPSA) is 71.1 Å². The number of nitrogens with zero attached hydrogens (tertiary/aromatic N) is 2. The minimum absolute atomic E-state index is 0.0163. The third kappa shape index (κ3) is 6.23. The number of morpholine rings is 1. The van der Waals surface area contributed by atoms with E-state index in [1.54, 1.807) is 0 Å². The molecule has 1 fully saturated rings. The number of methoxy groups -OCH3 is 1. The van der Waals surface area contributed by atoms with Crippen LogP contribution >= 0.6 is 0 Å². The molecule has 1 atom stereocenters. The maximum absolute atomic E-state index is 12.1. The number of nitrogens with one attached hydrogen (secondary N) is 1. The van der Waals surface area contributed by atoms with Crippen LogP contribution in [0.1, 0.15) is 11.6 Å².